The molecule has 0 saturated carbocycles. The van der Waals surface area contributed by atoms with Crippen LogP contribution in [0.25, 0.3) is 0 Å². The van der Waals surface area contributed by atoms with Gasteiger partial charge in [-0.05, 0) is 18.5 Å². The molecule has 4 N–H and O–H groups in total. The second-order valence-corrected chi connectivity index (χ2v) is 3.52. The first kappa shape index (κ1) is 12.2. The third kappa shape index (κ3) is 6.23. The molecular formula is C12H21N3. The maximum atomic E-state index is 5.36. The van der Waals surface area contributed by atoms with Gasteiger partial charge in [0.1, 0.15) is 0 Å². The van der Waals surface area contributed by atoms with Crippen molar-refractivity contribution in [2.24, 2.45) is 5.73 Å². The SMILES string of the molecule is NCCNCCNCCc1ccccc1. The van der Waals surface area contributed by atoms with Gasteiger partial charge in [0.05, 0.1) is 0 Å². The summed E-state index contributed by atoms with van der Waals surface area (Å²) in [6, 6.07) is 10.5. The van der Waals surface area contributed by atoms with Crippen LogP contribution in [-0.2, 0) is 6.42 Å². The Morgan fingerprint density at radius 1 is 0.867 bits per heavy atom. The molecule has 1 rings (SSSR count). The second kappa shape index (κ2) is 8.41. The van der Waals surface area contributed by atoms with Crippen molar-refractivity contribution < 1.29 is 0 Å². The summed E-state index contributed by atoms with van der Waals surface area (Å²) in [5, 5.41) is 6.64. The lowest BCUT2D eigenvalue weighted by atomic mass is 10.1. The summed E-state index contributed by atoms with van der Waals surface area (Å²) in [4.78, 5) is 0. The highest BCUT2D eigenvalue weighted by atomic mass is 14.9. The van der Waals surface area contributed by atoms with Crippen LogP contribution >= 0.6 is 0 Å². The Kier molecular flexibility index (Phi) is 6.83. The topological polar surface area (TPSA) is 50.1 Å². The van der Waals surface area contributed by atoms with E-state index in [0.29, 0.717) is 6.54 Å². The van der Waals surface area contributed by atoms with E-state index >= 15 is 0 Å². The summed E-state index contributed by atoms with van der Waals surface area (Å²) < 4.78 is 0. The maximum absolute atomic E-state index is 5.36. The molecule has 0 saturated heterocycles. The van der Waals surface area contributed by atoms with Gasteiger partial charge in [0.25, 0.3) is 0 Å². The molecule has 3 heteroatoms. The summed E-state index contributed by atoms with van der Waals surface area (Å²) in [5.41, 5.74) is 6.75. The van der Waals surface area contributed by atoms with E-state index < -0.39 is 0 Å². The lowest BCUT2D eigenvalue weighted by molar-refractivity contribution is 0.615. The van der Waals surface area contributed by atoms with Gasteiger partial charge in [-0.25, -0.2) is 0 Å². The highest BCUT2D eigenvalue weighted by molar-refractivity contribution is 5.14. The average Bonchev–Trinajstić information content (AvgIpc) is 2.29. The van der Waals surface area contributed by atoms with Crippen molar-refractivity contribution in [1.29, 1.82) is 0 Å². The number of nitrogens with one attached hydrogen (secondary N) is 2. The second-order valence-electron chi connectivity index (χ2n) is 3.52. The molecule has 84 valence electrons. The van der Waals surface area contributed by atoms with Crippen molar-refractivity contribution in [2.45, 2.75) is 6.42 Å². The molecule has 0 aliphatic rings. The summed E-state index contributed by atoms with van der Waals surface area (Å²) in [6.07, 6.45) is 1.09. The predicted octanol–water partition coefficient (Wildman–Crippen LogP) is 0.367. The van der Waals surface area contributed by atoms with Gasteiger partial charge in [-0.1, -0.05) is 30.3 Å². The first-order chi connectivity index (χ1) is 7.43. The number of benzene rings is 1. The van der Waals surface area contributed by atoms with Gasteiger partial charge in [-0.2, -0.15) is 0 Å². The third-order valence-electron chi connectivity index (χ3n) is 2.23. The molecule has 1 aromatic rings. The fourth-order valence-electron chi connectivity index (χ4n) is 1.41. The van der Waals surface area contributed by atoms with Crippen LogP contribution in [0.3, 0.4) is 0 Å². The minimum atomic E-state index is 0.712. The first-order valence-corrected chi connectivity index (χ1v) is 5.59. The molecule has 0 radical (unpaired) electrons. The molecule has 0 spiro atoms. The van der Waals surface area contributed by atoms with E-state index in [4.69, 9.17) is 5.73 Å². The van der Waals surface area contributed by atoms with Crippen LogP contribution in [0.4, 0.5) is 0 Å². The van der Waals surface area contributed by atoms with Gasteiger partial charge in [-0.15, -0.1) is 0 Å². The standard InChI is InChI=1S/C12H21N3/c13-7-9-15-11-10-14-8-6-12-4-2-1-3-5-12/h1-5,14-15H,6-11,13H2. The molecule has 0 amide bonds. The fourth-order valence-corrected chi connectivity index (χ4v) is 1.41. The van der Waals surface area contributed by atoms with E-state index in [-0.39, 0.29) is 0 Å². The molecule has 0 aliphatic carbocycles. The largest absolute Gasteiger partial charge is 0.329 e. The Labute approximate surface area is 92.1 Å². The summed E-state index contributed by atoms with van der Waals surface area (Å²) in [5.74, 6) is 0. The van der Waals surface area contributed by atoms with E-state index in [1.165, 1.54) is 5.56 Å². The quantitative estimate of drug-likeness (QED) is 0.540. The maximum Gasteiger partial charge on any atom is 0.00772 e. The molecule has 0 fully saturated rings. The van der Waals surface area contributed by atoms with Crippen LogP contribution in [0.2, 0.25) is 0 Å². The van der Waals surface area contributed by atoms with E-state index in [9.17, 15) is 0 Å². The van der Waals surface area contributed by atoms with Gasteiger partial charge < -0.3 is 16.4 Å². The molecule has 0 atom stereocenters. The van der Waals surface area contributed by atoms with Crippen LogP contribution in [-0.4, -0.2) is 32.7 Å². The van der Waals surface area contributed by atoms with Crippen molar-refractivity contribution in [2.75, 3.05) is 32.7 Å². The lowest BCUT2D eigenvalue weighted by Gasteiger charge is -2.05. The minimum absolute atomic E-state index is 0.712. The van der Waals surface area contributed by atoms with E-state index in [1.54, 1.807) is 0 Å². The molecular weight excluding hydrogens is 186 g/mol. The highest BCUT2D eigenvalue weighted by Gasteiger charge is 1.90. The Bertz CT molecular complexity index is 236. The first-order valence-electron chi connectivity index (χ1n) is 5.59. The smallest absolute Gasteiger partial charge is 0.00772 e. The van der Waals surface area contributed by atoms with Gasteiger partial charge >= 0.3 is 0 Å². The zero-order chi connectivity index (χ0) is 10.8. The van der Waals surface area contributed by atoms with Crippen LogP contribution in [0.15, 0.2) is 30.3 Å². The summed E-state index contributed by atoms with van der Waals surface area (Å²) in [6.45, 7) is 4.65. The van der Waals surface area contributed by atoms with Crippen LogP contribution in [0.1, 0.15) is 5.56 Å². The molecule has 15 heavy (non-hydrogen) atoms. The fraction of sp³-hybridized carbons (Fsp3) is 0.500. The number of hydrogen-bond donors (Lipinski definition) is 3. The number of nitrogens with two attached hydrogens (primary N) is 1. The number of rotatable bonds is 8. The van der Waals surface area contributed by atoms with Crippen LogP contribution in [0.5, 0.6) is 0 Å². The third-order valence-corrected chi connectivity index (χ3v) is 2.23. The highest BCUT2D eigenvalue weighted by Crippen LogP contribution is 1.97. The summed E-state index contributed by atoms with van der Waals surface area (Å²) in [7, 11) is 0. The number of hydrogen-bond acceptors (Lipinski definition) is 3. The van der Waals surface area contributed by atoms with Gasteiger partial charge in [0.15, 0.2) is 0 Å². The predicted molar refractivity (Wildman–Crippen MR) is 64.9 cm³/mol. The lowest BCUT2D eigenvalue weighted by Crippen LogP contribution is -2.31. The Morgan fingerprint density at radius 2 is 1.53 bits per heavy atom. The molecule has 0 bridgehead atoms. The monoisotopic (exact) mass is 207 g/mol. The molecule has 3 nitrogen and oxygen atoms in total. The minimum Gasteiger partial charge on any atom is -0.329 e. The van der Waals surface area contributed by atoms with Crippen molar-refractivity contribution >= 4 is 0 Å². The van der Waals surface area contributed by atoms with Crippen molar-refractivity contribution in [3.63, 3.8) is 0 Å². The molecule has 0 aromatic heterocycles. The van der Waals surface area contributed by atoms with E-state index in [0.717, 1.165) is 32.6 Å². The van der Waals surface area contributed by atoms with E-state index in [1.807, 2.05) is 6.07 Å². The van der Waals surface area contributed by atoms with Gasteiger partial charge in [0.2, 0.25) is 0 Å². The summed E-state index contributed by atoms with van der Waals surface area (Å²) >= 11 is 0. The van der Waals surface area contributed by atoms with Crippen LogP contribution < -0.4 is 16.4 Å². The molecule has 0 unspecified atom stereocenters. The van der Waals surface area contributed by atoms with Crippen molar-refractivity contribution in [1.82, 2.24) is 10.6 Å². The zero-order valence-corrected chi connectivity index (χ0v) is 9.21. The Hall–Kier alpha value is -0.900. The van der Waals surface area contributed by atoms with Gasteiger partial charge in [-0.3, -0.25) is 0 Å². The zero-order valence-electron chi connectivity index (χ0n) is 9.21. The normalized spacial score (nSPS) is 10.5. The van der Waals surface area contributed by atoms with Crippen LogP contribution in [0, 0.1) is 0 Å². The average molecular weight is 207 g/mol. The molecule has 1 aromatic carbocycles. The Morgan fingerprint density at radius 3 is 2.20 bits per heavy atom. The van der Waals surface area contributed by atoms with Crippen molar-refractivity contribution in [3.05, 3.63) is 35.9 Å². The van der Waals surface area contributed by atoms with E-state index in [2.05, 4.69) is 34.9 Å². The Balaban J connectivity index is 1.93. The molecule has 0 aliphatic heterocycles. The van der Waals surface area contributed by atoms with Gasteiger partial charge in [0, 0.05) is 26.2 Å². The molecule has 0 heterocycles. The van der Waals surface area contributed by atoms with Crippen molar-refractivity contribution in [3.8, 4) is 0 Å².